The van der Waals surface area contributed by atoms with Gasteiger partial charge in [0.1, 0.15) is 11.5 Å². The Labute approximate surface area is 121 Å². The maximum atomic E-state index is 12.4. The van der Waals surface area contributed by atoms with Crippen LogP contribution in [-0.4, -0.2) is 18.4 Å². The molecule has 2 N–H and O–H groups in total. The van der Waals surface area contributed by atoms with Gasteiger partial charge in [0, 0.05) is 5.69 Å². The molecule has 106 valence electrons. The predicted octanol–water partition coefficient (Wildman–Crippen LogP) is 2.59. The lowest BCUT2D eigenvalue weighted by Crippen LogP contribution is -2.01. The van der Waals surface area contributed by atoms with Crippen molar-refractivity contribution in [2.24, 2.45) is 0 Å². The highest BCUT2D eigenvalue weighted by atomic mass is 32.2. The molecule has 0 heterocycles. The second-order valence-corrected chi connectivity index (χ2v) is 5.66. The fourth-order valence-electron chi connectivity index (χ4n) is 1.83. The molecule has 0 spiro atoms. The molecule has 0 aliphatic carbocycles. The van der Waals surface area contributed by atoms with Crippen LogP contribution in [0.2, 0.25) is 0 Å². The zero-order valence-corrected chi connectivity index (χ0v) is 12.3. The Morgan fingerprint density at radius 1 is 1.05 bits per heavy atom. The highest BCUT2D eigenvalue weighted by Crippen LogP contribution is 2.25. The van der Waals surface area contributed by atoms with E-state index in [2.05, 4.69) is 0 Å². The van der Waals surface area contributed by atoms with Gasteiger partial charge in [0.25, 0.3) is 0 Å². The van der Waals surface area contributed by atoms with Crippen molar-refractivity contribution in [3.8, 4) is 11.5 Å². The largest absolute Gasteiger partial charge is 0.497 e. The summed E-state index contributed by atoms with van der Waals surface area (Å²) in [6.45, 7) is 0. The fourth-order valence-corrected chi connectivity index (χ4v) is 3.05. The first-order valence-corrected chi connectivity index (χ1v) is 7.40. The summed E-state index contributed by atoms with van der Waals surface area (Å²) in [5, 5.41) is 0. The van der Waals surface area contributed by atoms with Crippen LogP contribution in [0.5, 0.6) is 11.5 Å². The number of hydrogen-bond acceptors (Lipinski definition) is 4. The predicted molar refractivity (Wildman–Crippen MR) is 80.5 cm³/mol. The van der Waals surface area contributed by atoms with Gasteiger partial charge in [-0.05, 0) is 35.9 Å². The van der Waals surface area contributed by atoms with E-state index in [1.54, 1.807) is 32.4 Å². The number of benzene rings is 2. The van der Waals surface area contributed by atoms with E-state index >= 15 is 0 Å². The molecule has 0 radical (unpaired) electrons. The van der Waals surface area contributed by atoms with Gasteiger partial charge in [-0.3, -0.25) is 4.21 Å². The molecule has 1 atom stereocenters. The van der Waals surface area contributed by atoms with Crippen molar-refractivity contribution in [2.75, 3.05) is 20.0 Å². The van der Waals surface area contributed by atoms with Gasteiger partial charge in [0.2, 0.25) is 0 Å². The molecule has 1 unspecified atom stereocenters. The smallest absolute Gasteiger partial charge is 0.120 e. The molecule has 2 rings (SSSR count). The van der Waals surface area contributed by atoms with Crippen LogP contribution >= 0.6 is 0 Å². The standard InChI is InChI=1S/C15H17NO3S/c1-18-12-5-3-4-11(8-12)10-20(17)15-9-13(19-2)6-7-14(15)16/h3-9H,10,16H2,1-2H3. The van der Waals surface area contributed by atoms with Crippen LogP contribution in [0.4, 0.5) is 5.69 Å². The molecule has 0 aliphatic rings. The van der Waals surface area contributed by atoms with Gasteiger partial charge in [-0.1, -0.05) is 12.1 Å². The highest BCUT2D eigenvalue weighted by Gasteiger charge is 2.11. The van der Waals surface area contributed by atoms with E-state index in [9.17, 15) is 4.21 Å². The zero-order chi connectivity index (χ0) is 14.5. The van der Waals surface area contributed by atoms with Gasteiger partial charge in [-0.25, -0.2) is 0 Å². The number of rotatable bonds is 5. The third kappa shape index (κ3) is 3.30. The molecule has 4 nitrogen and oxygen atoms in total. The van der Waals surface area contributed by atoms with Crippen LogP contribution in [0.15, 0.2) is 47.4 Å². The Hall–Kier alpha value is -2.01. The molecule has 2 aromatic carbocycles. The van der Waals surface area contributed by atoms with Crippen molar-refractivity contribution in [1.29, 1.82) is 0 Å². The number of anilines is 1. The van der Waals surface area contributed by atoms with E-state index < -0.39 is 10.8 Å². The second-order valence-electron chi connectivity index (χ2n) is 4.25. The third-order valence-corrected chi connectivity index (χ3v) is 4.34. The lowest BCUT2D eigenvalue weighted by Gasteiger charge is -2.09. The molecule has 5 heteroatoms. The minimum Gasteiger partial charge on any atom is -0.497 e. The third-order valence-electron chi connectivity index (χ3n) is 2.90. The average molecular weight is 291 g/mol. The van der Waals surface area contributed by atoms with Gasteiger partial charge >= 0.3 is 0 Å². The first kappa shape index (κ1) is 14.4. The normalized spacial score (nSPS) is 11.9. The molecular weight excluding hydrogens is 274 g/mol. The molecular formula is C15H17NO3S. The molecule has 2 aromatic rings. The number of methoxy groups -OCH3 is 2. The number of hydrogen-bond donors (Lipinski definition) is 1. The Kier molecular flexibility index (Phi) is 4.63. The van der Waals surface area contributed by atoms with E-state index in [0.29, 0.717) is 22.1 Å². The Bertz CT molecular complexity index is 628. The monoisotopic (exact) mass is 291 g/mol. The van der Waals surface area contributed by atoms with E-state index in [4.69, 9.17) is 15.2 Å². The first-order chi connectivity index (χ1) is 9.63. The van der Waals surface area contributed by atoms with Crippen molar-refractivity contribution < 1.29 is 13.7 Å². The van der Waals surface area contributed by atoms with Gasteiger partial charge in [-0.2, -0.15) is 0 Å². The van der Waals surface area contributed by atoms with Crippen molar-refractivity contribution >= 4 is 16.5 Å². The molecule has 0 saturated heterocycles. The van der Waals surface area contributed by atoms with Gasteiger partial charge in [0.15, 0.2) is 0 Å². The van der Waals surface area contributed by atoms with E-state index in [1.165, 1.54) is 0 Å². The molecule has 0 amide bonds. The molecule has 0 aromatic heterocycles. The lowest BCUT2D eigenvalue weighted by atomic mass is 10.2. The molecule has 0 fully saturated rings. The minimum atomic E-state index is -1.23. The number of nitrogen functional groups attached to an aromatic ring is 1. The summed E-state index contributed by atoms with van der Waals surface area (Å²) in [5.41, 5.74) is 7.32. The SMILES string of the molecule is COc1cccc(CS(=O)c2cc(OC)ccc2N)c1. The quantitative estimate of drug-likeness (QED) is 0.860. The zero-order valence-electron chi connectivity index (χ0n) is 11.5. The maximum Gasteiger partial charge on any atom is 0.120 e. The Balaban J connectivity index is 2.23. The van der Waals surface area contributed by atoms with E-state index in [0.717, 1.165) is 11.3 Å². The average Bonchev–Trinajstić information content (AvgIpc) is 2.47. The van der Waals surface area contributed by atoms with Crippen LogP contribution in [0, 0.1) is 0 Å². The molecule has 0 saturated carbocycles. The molecule has 0 aliphatic heterocycles. The van der Waals surface area contributed by atoms with Gasteiger partial charge < -0.3 is 15.2 Å². The summed E-state index contributed by atoms with van der Waals surface area (Å²) in [6.07, 6.45) is 0. The van der Waals surface area contributed by atoms with Crippen molar-refractivity contribution in [2.45, 2.75) is 10.6 Å². The van der Waals surface area contributed by atoms with Crippen LogP contribution in [-0.2, 0) is 16.6 Å². The molecule has 0 bridgehead atoms. The Morgan fingerprint density at radius 3 is 2.45 bits per heavy atom. The summed E-state index contributed by atoms with van der Waals surface area (Å²) < 4.78 is 22.7. The summed E-state index contributed by atoms with van der Waals surface area (Å²) in [5.74, 6) is 1.78. The van der Waals surface area contributed by atoms with Crippen LogP contribution in [0.25, 0.3) is 0 Å². The van der Waals surface area contributed by atoms with E-state index in [1.807, 2.05) is 24.3 Å². The summed E-state index contributed by atoms with van der Waals surface area (Å²) in [4.78, 5) is 0.590. The van der Waals surface area contributed by atoms with Gasteiger partial charge in [-0.15, -0.1) is 0 Å². The maximum absolute atomic E-state index is 12.4. The van der Waals surface area contributed by atoms with Crippen LogP contribution in [0.3, 0.4) is 0 Å². The van der Waals surface area contributed by atoms with E-state index in [-0.39, 0.29) is 0 Å². The topological polar surface area (TPSA) is 61.5 Å². The van der Waals surface area contributed by atoms with Crippen molar-refractivity contribution in [3.63, 3.8) is 0 Å². The Morgan fingerprint density at radius 2 is 1.75 bits per heavy atom. The van der Waals surface area contributed by atoms with Crippen molar-refractivity contribution in [1.82, 2.24) is 0 Å². The summed E-state index contributed by atoms with van der Waals surface area (Å²) in [6, 6.07) is 12.7. The highest BCUT2D eigenvalue weighted by molar-refractivity contribution is 7.84. The summed E-state index contributed by atoms with van der Waals surface area (Å²) in [7, 11) is 1.95. The first-order valence-electron chi connectivity index (χ1n) is 6.09. The molecule has 20 heavy (non-hydrogen) atoms. The van der Waals surface area contributed by atoms with Crippen LogP contribution in [0.1, 0.15) is 5.56 Å². The number of nitrogens with two attached hydrogens (primary N) is 1. The second kappa shape index (κ2) is 6.43. The van der Waals surface area contributed by atoms with Crippen LogP contribution < -0.4 is 15.2 Å². The lowest BCUT2D eigenvalue weighted by molar-refractivity contribution is 0.413. The van der Waals surface area contributed by atoms with Crippen molar-refractivity contribution in [3.05, 3.63) is 48.0 Å². The fraction of sp³-hybridized carbons (Fsp3) is 0.200. The summed E-state index contributed by atoms with van der Waals surface area (Å²) >= 11 is 0. The number of ether oxygens (including phenoxy) is 2. The minimum absolute atomic E-state index is 0.383. The van der Waals surface area contributed by atoms with Gasteiger partial charge in [0.05, 0.1) is 35.7 Å².